The zero-order valence-electron chi connectivity index (χ0n) is 52.6. The molecule has 19 heteroatoms. The second kappa shape index (κ2) is 49.0. The molecule has 0 radical (unpaired) electrons. The van der Waals surface area contributed by atoms with Crippen LogP contribution in [0.4, 0.5) is 0 Å². The van der Waals surface area contributed by atoms with E-state index >= 15 is 0 Å². The molecular formula is C66H123NO18. The molecule has 0 aromatic rings. The molecule has 3 aliphatic heterocycles. The van der Waals surface area contributed by atoms with Gasteiger partial charge in [-0.25, -0.2) is 0 Å². The van der Waals surface area contributed by atoms with Gasteiger partial charge >= 0.3 is 0 Å². The highest BCUT2D eigenvalue weighted by atomic mass is 16.8. The van der Waals surface area contributed by atoms with Gasteiger partial charge in [0.15, 0.2) is 18.9 Å². The highest BCUT2D eigenvalue weighted by Crippen LogP contribution is 2.33. The maximum absolute atomic E-state index is 13.4. The van der Waals surface area contributed by atoms with Gasteiger partial charge in [-0.15, -0.1) is 0 Å². The van der Waals surface area contributed by atoms with Crippen molar-refractivity contribution in [2.45, 2.75) is 362 Å². The Hall–Kier alpha value is -1.73. The van der Waals surface area contributed by atoms with Gasteiger partial charge in [0.25, 0.3) is 0 Å². The molecule has 3 heterocycles. The lowest BCUT2D eigenvalue weighted by Crippen LogP contribution is -2.66. The highest BCUT2D eigenvalue weighted by molar-refractivity contribution is 5.76. The van der Waals surface area contributed by atoms with Crippen LogP contribution in [0.3, 0.4) is 0 Å². The maximum Gasteiger partial charge on any atom is 0.220 e. The fourth-order valence-electron chi connectivity index (χ4n) is 11.7. The van der Waals surface area contributed by atoms with E-state index in [1.165, 1.54) is 186 Å². The van der Waals surface area contributed by atoms with Crippen LogP contribution < -0.4 is 5.32 Å². The van der Waals surface area contributed by atoms with Crippen LogP contribution in [0.25, 0.3) is 0 Å². The smallest absolute Gasteiger partial charge is 0.220 e. The van der Waals surface area contributed by atoms with Crippen molar-refractivity contribution < 1.29 is 89.4 Å². The number of nitrogens with one attached hydrogen (secondary N) is 1. The molecule has 0 aliphatic carbocycles. The van der Waals surface area contributed by atoms with E-state index in [1.807, 2.05) is 6.08 Å². The Kier molecular flexibility index (Phi) is 44.7. The molecule has 0 spiro atoms. The quantitative estimate of drug-likeness (QED) is 0.0201. The number of unbranched alkanes of at least 4 members (excludes halogenated alkanes) is 34. The van der Waals surface area contributed by atoms with Crippen LogP contribution in [0.1, 0.15) is 258 Å². The SMILES string of the molecule is CCCCCCCCCCCCCCCCCCC/C=C/CC/C=C/C(O)C(COC1OC(CO)C(OC2OC(CO)C(OC3OC(CO)C(O)C(O)C3O)C(O)C2O)C(O)C1O)NC(=O)CCCCCCCCCCCCCCCCCCC. The molecule has 17 atom stereocenters. The van der Waals surface area contributed by atoms with Gasteiger partial charge < -0.3 is 89.9 Å². The first kappa shape index (κ1) is 77.5. The third-order valence-electron chi connectivity index (χ3n) is 17.3. The Labute approximate surface area is 511 Å². The molecule has 1 amide bonds. The van der Waals surface area contributed by atoms with E-state index in [-0.39, 0.29) is 18.9 Å². The van der Waals surface area contributed by atoms with Crippen molar-refractivity contribution in [3.05, 3.63) is 24.3 Å². The van der Waals surface area contributed by atoms with E-state index in [9.17, 15) is 61.0 Å². The number of aliphatic hydroxyl groups is 11. The van der Waals surface area contributed by atoms with Crippen LogP contribution in [0.5, 0.6) is 0 Å². The van der Waals surface area contributed by atoms with Crippen molar-refractivity contribution in [3.8, 4) is 0 Å². The van der Waals surface area contributed by atoms with Crippen molar-refractivity contribution in [1.29, 1.82) is 0 Å². The third kappa shape index (κ3) is 31.7. The summed E-state index contributed by atoms with van der Waals surface area (Å²) >= 11 is 0. The lowest BCUT2D eigenvalue weighted by molar-refractivity contribution is -0.379. The molecule has 19 nitrogen and oxygen atoms in total. The third-order valence-corrected chi connectivity index (χ3v) is 17.3. The fraction of sp³-hybridized carbons (Fsp3) is 0.924. The number of aliphatic hydroxyl groups excluding tert-OH is 11. The van der Waals surface area contributed by atoms with Crippen molar-refractivity contribution in [3.63, 3.8) is 0 Å². The topological polar surface area (TPSA) is 307 Å². The van der Waals surface area contributed by atoms with E-state index in [0.29, 0.717) is 12.8 Å². The van der Waals surface area contributed by atoms with Crippen molar-refractivity contribution in [1.82, 2.24) is 5.32 Å². The number of hydrogen-bond acceptors (Lipinski definition) is 18. The summed E-state index contributed by atoms with van der Waals surface area (Å²) in [5.41, 5.74) is 0. The Bertz CT molecular complexity index is 1640. The minimum absolute atomic E-state index is 0.240. The van der Waals surface area contributed by atoms with Gasteiger partial charge in [0, 0.05) is 6.42 Å². The van der Waals surface area contributed by atoms with E-state index in [2.05, 4.69) is 31.3 Å². The minimum atomic E-state index is -1.98. The van der Waals surface area contributed by atoms with Gasteiger partial charge in [0.05, 0.1) is 38.6 Å². The van der Waals surface area contributed by atoms with Gasteiger partial charge in [-0.05, 0) is 32.1 Å². The van der Waals surface area contributed by atoms with Crippen LogP contribution in [-0.2, 0) is 33.2 Å². The monoisotopic (exact) mass is 1220 g/mol. The molecule has 3 rings (SSSR count). The predicted molar refractivity (Wildman–Crippen MR) is 328 cm³/mol. The summed E-state index contributed by atoms with van der Waals surface area (Å²) in [5.74, 6) is -0.281. The zero-order chi connectivity index (χ0) is 61.9. The maximum atomic E-state index is 13.4. The molecular weight excluding hydrogens is 1090 g/mol. The molecule has 0 aromatic heterocycles. The summed E-state index contributed by atoms with van der Waals surface area (Å²) in [7, 11) is 0. The van der Waals surface area contributed by atoms with E-state index < -0.39 is 124 Å². The lowest BCUT2D eigenvalue weighted by atomic mass is 9.96. The Morgan fingerprint density at radius 3 is 1.18 bits per heavy atom. The van der Waals surface area contributed by atoms with Crippen LogP contribution >= 0.6 is 0 Å². The molecule has 3 aliphatic rings. The lowest BCUT2D eigenvalue weighted by Gasteiger charge is -2.48. The molecule has 0 saturated carbocycles. The van der Waals surface area contributed by atoms with Crippen LogP contribution in [0.15, 0.2) is 24.3 Å². The average molecular weight is 1220 g/mol. The molecule has 0 aromatic carbocycles. The molecule has 3 fully saturated rings. The number of allylic oxidation sites excluding steroid dienone is 3. The van der Waals surface area contributed by atoms with Gasteiger partial charge in [0.1, 0.15) is 73.2 Å². The number of hydrogen-bond donors (Lipinski definition) is 12. The second-order valence-electron chi connectivity index (χ2n) is 24.6. The Balaban J connectivity index is 1.46. The molecule has 85 heavy (non-hydrogen) atoms. The summed E-state index contributed by atoms with van der Waals surface area (Å²) in [6, 6.07) is -0.986. The van der Waals surface area contributed by atoms with Crippen LogP contribution in [0, 0.1) is 0 Å². The summed E-state index contributed by atoms with van der Waals surface area (Å²) in [6.07, 6.45) is 27.3. The standard InChI is InChI=1S/C66H123NO18/c1-3-5-7-9-11-13-15-17-19-21-22-23-24-25-26-28-29-31-33-35-37-39-41-43-50(71)49(67-54(72)44-42-40-38-36-34-32-30-27-20-18-16-14-12-10-8-6-4-2)48-80-64-60(78)57(75)62(52(46-69)82-64)85-66-61(79)58(76)63(53(47-70)83-66)84-65-59(77)56(74)55(73)51(45-68)81-65/h33,35,41,43,49-53,55-66,68-71,73-79H,3-32,34,36-40,42,44-48H2,1-2H3,(H,67,72)/b35-33+,43-41+. The van der Waals surface area contributed by atoms with Crippen molar-refractivity contribution in [2.24, 2.45) is 0 Å². The molecule has 12 N–H and O–H groups in total. The predicted octanol–water partition coefficient (Wildman–Crippen LogP) is 8.27. The normalized spacial score (nSPS) is 29.1. The average Bonchev–Trinajstić information content (AvgIpc) is 3.64. The number of amides is 1. The van der Waals surface area contributed by atoms with Gasteiger partial charge in [0.2, 0.25) is 5.91 Å². The van der Waals surface area contributed by atoms with Gasteiger partial charge in [-0.1, -0.05) is 244 Å². The minimum Gasteiger partial charge on any atom is -0.394 e. The molecule has 3 saturated heterocycles. The van der Waals surface area contributed by atoms with E-state index in [4.69, 9.17) is 28.4 Å². The molecule has 0 bridgehead atoms. The number of carbonyl (C=O) groups excluding carboxylic acids is 1. The summed E-state index contributed by atoms with van der Waals surface area (Å²) in [6.45, 7) is 1.74. The first-order valence-corrected chi connectivity index (χ1v) is 34.1. The number of ether oxygens (including phenoxy) is 6. The number of rotatable bonds is 52. The van der Waals surface area contributed by atoms with E-state index in [1.54, 1.807) is 6.08 Å². The fourth-order valence-corrected chi connectivity index (χ4v) is 11.7. The first-order chi connectivity index (χ1) is 41.3. The second-order valence-corrected chi connectivity index (χ2v) is 24.6. The first-order valence-electron chi connectivity index (χ1n) is 34.1. The van der Waals surface area contributed by atoms with Crippen LogP contribution in [-0.4, -0.2) is 193 Å². The molecule has 17 unspecified atom stereocenters. The summed E-state index contributed by atoms with van der Waals surface area (Å²) in [5, 5.41) is 120. The molecule has 500 valence electrons. The Morgan fingerprint density at radius 2 is 0.753 bits per heavy atom. The Morgan fingerprint density at radius 1 is 0.412 bits per heavy atom. The largest absolute Gasteiger partial charge is 0.394 e. The van der Waals surface area contributed by atoms with Crippen molar-refractivity contribution in [2.75, 3.05) is 26.4 Å². The van der Waals surface area contributed by atoms with Gasteiger partial charge in [-0.3, -0.25) is 4.79 Å². The number of carbonyl (C=O) groups is 1. The van der Waals surface area contributed by atoms with E-state index in [0.717, 1.165) is 38.5 Å². The zero-order valence-corrected chi connectivity index (χ0v) is 52.6. The van der Waals surface area contributed by atoms with Gasteiger partial charge in [-0.2, -0.15) is 0 Å². The van der Waals surface area contributed by atoms with Crippen molar-refractivity contribution >= 4 is 5.91 Å². The highest BCUT2D eigenvalue weighted by Gasteiger charge is 2.53. The summed E-state index contributed by atoms with van der Waals surface area (Å²) < 4.78 is 34.3. The van der Waals surface area contributed by atoms with Crippen LogP contribution in [0.2, 0.25) is 0 Å². The summed E-state index contributed by atoms with van der Waals surface area (Å²) in [4.78, 5) is 13.4.